The van der Waals surface area contributed by atoms with Gasteiger partial charge in [0, 0.05) is 19.1 Å². The van der Waals surface area contributed by atoms with Gasteiger partial charge in [-0.15, -0.1) is 0 Å². The third-order valence-electron chi connectivity index (χ3n) is 4.88. The largest absolute Gasteiger partial charge is 0.493 e. The van der Waals surface area contributed by atoms with Crippen LogP contribution in [0.5, 0.6) is 17.2 Å². The molecule has 1 saturated heterocycles. The predicted molar refractivity (Wildman–Crippen MR) is 119 cm³/mol. The van der Waals surface area contributed by atoms with E-state index in [1.165, 1.54) is 27.3 Å². The number of imide groups is 2. The summed E-state index contributed by atoms with van der Waals surface area (Å²) in [6.45, 7) is 2.48. The number of methoxy groups -OCH3 is 1. The van der Waals surface area contributed by atoms with Gasteiger partial charge in [-0.05, 0) is 54.5 Å². The predicted octanol–water partition coefficient (Wildman–Crippen LogP) is 3.55. The molecule has 0 atom stereocenters. The molecule has 168 valence electrons. The fourth-order valence-corrected chi connectivity index (χ4v) is 3.17. The first-order chi connectivity index (χ1) is 15.2. The van der Waals surface area contributed by atoms with Gasteiger partial charge in [0.15, 0.2) is 11.5 Å². The number of halogens is 1. The number of hydrogen-bond acceptors (Lipinski definition) is 6. The standard InChI is InChI=1S/C23H23ClN2O6/c1-14-11-16(6-7-18(14)24)31-9-10-32-19-8-5-15(13-20(19)30-4)12-17-21(27)25(2)23(29)26(3)22(17)28/h5-8,11-13H,9-10H2,1-4H3. The number of carbonyl (C=O) groups excluding carboxylic acids is 3. The van der Waals surface area contributed by atoms with Crippen molar-refractivity contribution in [3.05, 3.63) is 58.1 Å². The molecule has 0 bridgehead atoms. The fourth-order valence-electron chi connectivity index (χ4n) is 3.05. The summed E-state index contributed by atoms with van der Waals surface area (Å²) in [5, 5.41) is 0.676. The van der Waals surface area contributed by atoms with Crippen molar-refractivity contribution in [1.82, 2.24) is 9.80 Å². The smallest absolute Gasteiger partial charge is 0.333 e. The second-order valence-electron chi connectivity index (χ2n) is 7.09. The second kappa shape index (κ2) is 9.74. The minimum Gasteiger partial charge on any atom is -0.493 e. The van der Waals surface area contributed by atoms with Crippen molar-refractivity contribution in [1.29, 1.82) is 0 Å². The molecule has 1 fully saturated rings. The highest BCUT2D eigenvalue weighted by atomic mass is 35.5. The lowest BCUT2D eigenvalue weighted by atomic mass is 10.1. The maximum Gasteiger partial charge on any atom is 0.333 e. The highest BCUT2D eigenvalue weighted by molar-refractivity contribution is 6.31. The molecule has 2 aromatic rings. The van der Waals surface area contributed by atoms with Crippen LogP contribution in [0.2, 0.25) is 5.02 Å². The molecule has 8 nitrogen and oxygen atoms in total. The summed E-state index contributed by atoms with van der Waals surface area (Å²) in [5.74, 6) is 0.282. The highest BCUT2D eigenvalue weighted by Gasteiger charge is 2.37. The Morgan fingerprint density at radius 1 is 0.906 bits per heavy atom. The number of aryl methyl sites for hydroxylation is 1. The molecule has 0 saturated carbocycles. The van der Waals surface area contributed by atoms with E-state index in [1.54, 1.807) is 30.3 Å². The molecule has 0 spiro atoms. The SMILES string of the molecule is COc1cc(C=C2C(=O)N(C)C(=O)N(C)C2=O)ccc1OCCOc1ccc(Cl)c(C)c1. The Hall–Kier alpha value is -3.52. The van der Waals surface area contributed by atoms with E-state index >= 15 is 0 Å². The number of urea groups is 1. The molecule has 0 aliphatic carbocycles. The Morgan fingerprint density at radius 2 is 1.56 bits per heavy atom. The zero-order chi connectivity index (χ0) is 23.4. The van der Waals surface area contributed by atoms with Gasteiger partial charge in [-0.1, -0.05) is 17.7 Å². The van der Waals surface area contributed by atoms with Crippen molar-refractivity contribution in [2.45, 2.75) is 6.92 Å². The van der Waals surface area contributed by atoms with Gasteiger partial charge in [-0.25, -0.2) is 4.79 Å². The summed E-state index contributed by atoms with van der Waals surface area (Å²) in [6.07, 6.45) is 1.42. The lowest BCUT2D eigenvalue weighted by Crippen LogP contribution is -2.52. The zero-order valence-electron chi connectivity index (χ0n) is 18.2. The van der Waals surface area contributed by atoms with E-state index in [1.807, 2.05) is 13.0 Å². The normalized spacial score (nSPS) is 14.0. The molecule has 9 heteroatoms. The third-order valence-corrected chi connectivity index (χ3v) is 5.31. The van der Waals surface area contributed by atoms with Crippen LogP contribution in [0.4, 0.5) is 4.79 Å². The van der Waals surface area contributed by atoms with E-state index in [0.717, 1.165) is 15.4 Å². The Morgan fingerprint density at radius 3 is 2.19 bits per heavy atom. The van der Waals surface area contributed by atoms with Gasteiger partial charge < -0.3 is 14.2 Å². The monoisotopic (exact) mass is 458 g/mol. The maximum atomic E-state index is 12.4. The lowest BCUT2D eigenvalue weighted by Gasteiger charge is -2.28. The van der Waals surface area contributed by atoms with Gasteiger partial charge in [0.1, 0.15) is 24.5 Å². The van der Waals surface area contributed by atoms with Gasteiger partial charge >= 0.3 is 6.03 Å². The second-order valence-corrected chi connectivity index (χ2v) is 7.49. The molecule has 2 aromatic carbocycles. The first-order valence-electron chi connectivity index (χ1n) is 9.74. The quantitative estimate of drug-likeness (QED) is 0.358. The van der Waals surface area contributed by atoms with Gasteiger partial charge in [-0.2, -0.15) is 0 Å². The molecular formula is C23H23ClN2O6. The molecule has 32 heavy (non-hydrogen) atoms. The molecule has 1 aliphatic heterocycles. The number of barbiturate groups is 1. The summed E-state index contributed by atoms with van der Waals surface area (Å²) in [5.41, 5.74) is 1.36. The van der Waals surface area contributed by atoms with Gasteiger partial charge in [-0.3, -0.25) is 19.4 Å². The van der Waals surface area contributed by atoms with E-state index in [-0.39, 0.29) is 12.2 Å². The van der Waals surface area contributed by atoms with E-state index in [2.05, 4.69) is 0 Å². The summed E-state index contributed by atoms with van der Waals surface area (Å²) in [6, 6.07) is 9.74. The minimum absolute atomic E-state index is 0.114. The van der Waals surface area contributed by atoms with E-state index in [4.69, 9.17) is 25.8 Å². The molecule has 0 N–H and O–H groups in total. The van der Waals surface area contributed by atoms with Gasteiger partial charge in [0.05, 0.1) is 7.11 Å². The van der Waals surface area contributed by atoms with E-state index < -0.39 is 17.8 Å². The van der Waals surface area contributed by atoms with Crippen LogP contribution in [0.25, 0.3) is 6.08 Å². The number of ether oxygens (including phenoxy) is 3. The van der Waals surface area contributed by atoms with Crippen molar-refractivity contribution in [3.8, 4) is 17.2 Å². The Labute approximate surface area is 190 Å². The summed E-state index contributed by atoms with van der Waals surface area (Å²) in [7, 11) is 4.14. The number of hydrogen-bond donors (Lipinski definition) is 0. The summed E-state index contributed by atoms with van der Waals surface area (Å²) < 4.78 is 16.8. The van der Waals surface area contributed by atoms with Crippen LogP contribution in [0, 0.1) is 6.92 Å². The van der Waals surface area contributed by atoms with Crippen molar-refractivity contribution in [2.24, 2.45) is 0 Å². The van der Waals surface area contributed by atoms with Crippen LogP contribution in [0.15, 0.2) is 42.0 Å². The Bertz CT molecular complexity index is 1070. The Kier molecular flexibility index (Phi) is 7.05. The van der Waals surface area contributed by atoms with E-state index in [0.29, 0.717) is 34.4 Å². The Balaban J connectivity index is 1.68. The number of rotatable bonds is 7. The molecule has 3 rings (SSSR count). The molecule has 1 aliphatic rings. The lowest BCUT2D eigenvalue weighted by molar-refractivity contribution is -0.134. The first-order valence-corrected chi connectivity index (χ1v) is 10.1. The maximum absolute atomic E-state index is 12.4. The van der Waals surface area contributed by atoms with Gasteiger partial charge in [0.25, 0.3) is 11.8 Å². The molecular weight excluding hydrogens is 436 g/mol. The third kappa shape index (κ3) is 4.86. The van der Waals surface area contributed by atoms with E-state index in [9.17, 15) is 14.4 Å². The van der Waals surface area contributed by atoms with Gasteiger partial charge in [0.2, 0.25) is 0 Å². The van der Waals surface area contributed by atoms with Crippen LogP contribution < -0.4 is 14.2 Å². The number of amides is 4. The minimum atomic E-state index is -0.672. The van der Waals surface area contributed by atoms with Crippen molar-refractivity contribution in [2.75, 3.05) is 34.4 Å². The summed E-state index contributed by atoms with van der Waals surface area (Å²) >= 11 is 6.01. The summed E-state index contributed by atoms with van der Waals surface area (Å²) in [4.78, 5) is 38.4. The molecule has 4 amide bonds. The number of carbonyl (C=O) groups is 3. The molecule has 0 aromatic heterocycles. The van der Waals surface area contributed by atoms with Crippen molar-refractivity contribution >= 4 is 35.5 Å². The van der Waals surface area contributed by atoms with Crippen LogP contribution in [-0.4, -0.2) is 62.1 Å². The molecule has 1 heterocycles. The van der Waals surface area contributed by atoms with Crippen LogP contribution >= 0.6 is 11.6 Å². The average Bonchev–Trinajstić information content (AvgIpc) is 2.79. The average molecular weight is 459 g/mol. The van der Waals surface area contributed by atoms with Crippen molar-refractivity contribution < 1.29 is 28.6 Å². The number of benzene rings is 2. The number of likely N-dealkylation sites (N-methyl/N-ethyl adjacent to an activating group) is 2. The zero-order valence-corrected chi connectivity index (χ0v) is 18.9. The van der Waals surface area contributed by atoms with Crippen molar-refractivity contribution in [3.63, 3.8) is 0 Å². The van der Waals surface area contributed by atoms with Crippen LogP contribution in [-0.2, 0) is 9.59 Å². The molecule has 0 unspecified atom stereocenters. The van der Waals surface area contributed by atoms with Crippen LogP contribution in [0.3, 0.4) is 0 Å². The highest BCUT2D eigenvalue weighted by Crippen LogP contribution is 2.30. The topological polar surface area (TPSA) is 85.4 Å². The fraction of sp³-hybridized carbons (Fsp3) is 0.261. The van der Waals surface area contributed by atoms with Crippen LogP contribution in [0.1, 0.15) is 11.1 Å². The molecule has 0 radical (unpaired) electrons. The first kappa shape index (κ1) is 23.1. The number of nitrogens with zero attached hydrogens (tertiary/aromatic N) is 2.